The lowest BCUT2D eigenvalue weighted by molar-refractivity contribution is -0.137. The van der Waals surface area contributed by atoms with E-state index in [4.69, 9.17) is 16.3 Å². The molecular weight excluding hydrogens is 512 g/mol. The molecule has 5 heterocycles. The summed E-state index contributed by atoms with van der Waals surface area (Å²) >= 11 is 6.17. The van der Waals surface area contributed by atoms with E-state index in [-0.39, 0.29) is 6.04 Å². The monoisotopic (exact) mass is 536 g/mol. The molecule has 12 nitrogen and oxygen atoms in total. The van der Waals surface area contributed by atoms with E-state index < -0.39 is 30.4 Å². The molecule has 1 saturated carbocycles. The van der Waals surface area contributed by atoms with E-state index in [1.807, 2.05) is 19.1 Å². The first kappa shape index (κ1) is 24.6. The first-order valence-corrected chi connectivity index (χ1v) is 12.6. The maximum absolute atomic E-state index is 12.6. The van der Waals surface area contributed by atoms with Crippen molar-refractivity contribution in [3.8, 4) is 11.4 Å². The maximum Gasteiger partial charge on any atom is 0.252 e. The van der Waals surface area contributed by atoms with E-state index >= 15 is 0 Å². The van der Waals surface area contributed by atoms with Crippen LogP contribution >= 0.6 is 11.6 Å². The van der Waals surface area contributed by atoms with Gasteiger partial charge in [0.2, 0.25) is 0 Å². The second-order valence-corrected chi connectivity index (χ2v) is 9.94. The van der Waals surface area contributed by atoms with Crippen molar-refractivity contribution < 1.29 is 19.7 Å². The standard InChI is InChI=1S/C25H25ClN8O4/c1-12-4-5-28-16(6-12)10-29-22-17-23(33-21(32-22)13-7-14(26)9-27-8-13)34(11-30-17)25-19(36)18(35)20(38-25)24(37)31-15-2-3-15/h4-9,11,15,18-20,25,35-36H,2-3,10H2,1H3,(H,31,37)(H,29,32,33)/t18-,19+,20-,25+/m0/s1. The highest BCUT2D eigenvalue weighted by Gasteiger charge is 2.48. The van der Waals surface area contributed by atoms with Crippen molar-refractivity contribution >= 4 is 34.5 Å². The number of nitrogens with one attached hydrogen (secondary N) is 2. The number of aromatic nitrogens is 6. The average molecular weight is 537 g/mol. The summed E-state index contributed by atoms with van der Waals surface area (Å²) < 4.78 is 7.36. The third-order valence-electron chi connectivity index (χ3n) is 6.49. The molecule has 2 fully saturated rings. The van der Waals surface area contributed by atoms with Crippen molar-refractivity contribution in [2.45, 2.75) is 56.9 Å². The Bertz CT molecular complexity index is 1510. The molecule has 0 radical (unpaired) electrons. The SMILES string of the molecule is Cc1ccnc(CNc2nc(-c3cncc(Cl)c3)nc3c2ncn3[C@@H]2O[C@H](C(=O)NC3CC3)[C@@H](O)[C@H]2O)c1. The van der Waals surface area contributed by atoms with Crippen LogP contribution in [0.4, 0.5) is 5.82 Å². The van der Waals surface area contributed by atoms with Crippen molar-refractivity contribution in [2.24, 2.45) is 0 Å². The smallest absolute Gasteiger partial charge is 0.252 e. The second-order valence-electron chi connectivity index (χ2n) is 9.50. The Morgan fingerprint density at radius 2 is 2.03 bits per heavy atom. The molecule has 13 heteroatoms. The lowest BCUT2D eigenvalue weighted by Gasteiger charge is -2.17. The van der Waals surface area contributed by atoms with Gasteiger partial charge in [-0.25, -0.2) is 15.0 Å². The predicted molar refractivity (Wildman–Crippen MR) is 137 cm³/mol. The molecule has 2 aliphatic rings. The van der Waals surface area contributed by atoms with Crippen LogP contribution in [-0.2, 0) is 16.1 Å². The van der Waals surface area contributed by atoms with Crippen LogP contribution in [0.2, 0.25) is 5.02 Å². The summed E-state index contributed by atoms with van der Waals surface area (Å²) in [5.74, 6) is 0.271. The zero-order valence-corrected chi connectivity index (χ0v) is 21.1. The lowest BCUT2D eigenvalue weighted by Crippen LogP contribution is -2.43. The minimum absolute atomic E-state index is 0.0849. The Kier molecular flexibility index (Phi) is 6.40. The van der Waals surface area contributed by atoms with Gasteiger partial charge in [0.25, 0.3) is 5.91 Å². The highest BCUT2D eigenvalue weighted by molar-refractivity contribution is 6.30. The van der Waals surface area contributed by atoms with Crippen LogP contribution in [0.15, 0.2) is 43.1 Å². The van der Waals surface area contributed by atoms with Crippen molar-refractivity contribution in [3.05, 3.63) is 59.4 Å². The fourth-order valence-electron chi connectivity index (χ4n) is 4.38. The number of hydrogen-bond donors (Lipinski definition) is 4. The maximum atomic E-state index is 12.6. The van der Waals surface area contributed by atoms with Gasteiger partial charge in [0, 0.05) is 30.2 Å². The fourth-order valence-corrected chi connectivity index (χ4v) is 4.55. The summed E-state index contributed by atoms with van der Waals surface area (Å²) in [6, 6.07) is 5.65. The Morgan fingerprint density at radius 1 is 1.18 bits per heavy atom. The first-order valence-electron chi connectivity index (χ1n) is 12.2. The molecule has 1 aliphatic carbocycles. The lowest BCUT2D eigenvalue weighted by atomic mass is 10.1. The van der Waals surface area contributed by atoms with Gasteiger partial charge in [-0.15, -0.1) is 0 Å². The van der Waals surface area contributed by atoms with Crippen LogP contribution in [0, 0.1) is 6.92 Å². The topological polar surface area (TPSA) is 160 Å². The Hall–Kier alpha value is -3.71. The first-order chi connectivity index (χ1) is 18.4. The molecule has 0 bridgehead atoms. The van der Waals surface area contributed by atoms with Gasteiger partial charge in [0.05, 0.1) is 23.6 Å². The molecule has 196 valence electrons. The summed E-state index contributed by atoms with van der Waals surface area (Å²) in [4.78, 5) is 34.9. The number of imidazole rings is 1. The normalized spacial score (nSPS) is 23.1. The van der Waals surface area contributed by atoms with Crippen molar-refractivity contribution in [1.29, 1.82) is 0 Å². The van der Waals surface area contributed by atoms with Gasteiger partial charge in [-0.3, -0.25) is 19.3 Å². The van der Waals surface area contributed by atoms with Gasteiger partial charge in [0.1, 0.15) is 12.2 Å². The zero-order valence-electron chi connectivity index (χ0n) is 20.3. The molecule has 0 aromatic carbocycles. The Balaban J connectivity index is 1.38. The molecule has 6 rings (SSSR count). The molecular formula is C25H25ClN8O4. The van der Waals surface area contributed by atoms with E-state index in [1.54, 1.807) is 18.5 Å². The minimum Gasteiger partial charge on any atom is -0.387 e. The second kappa shape index (κ2) is 9.87. The van der Waals surface area contributed by atoms with Crippen LogP contribution < -0.4 is 10.6 Å². The highest BCUT2D eigenvalue weighted by Crippen LogP contribution is 2.34. The van der Waals surface area contributed by atoms with Crippen molar-refractivity contribution in [3.63, 3.8) is 0 Å². The van der Waals surface area contributed by atoms with E-state index in [0.29, 0.717) is 39.9 Å². The highest BCUT2D eigenvalue weighted by atomic mass is 35.5. The third kappa shape index (κ3) is 4.78. The van der Waals surface area contributed by atoms with Gasteiger partial charge < -0.3 is 25.6 Å². The summed E-state index contributed by atoms with van der Waals surface area (Å²) in [5, 5.41) is 27.9. The summed E-state index contributed by atoms with van der Waals surface area (Å²) in [6.07, 6.45) is 2.92. The van der Waals surface area contributed by atoms with Crippen LogP contribution in [0.1, 0.15) is 30.3 Å². The number of carbonyl (C=O) groups excluding carboxylic acids is 1. The molecule has 4 N–H and O–H groups in total. The molecule has 0 spiro atoms. The molecule has 38 heavy (non-hydrogen) atoms. The van der Waals surface area contributed by atoms with Crippen LogP contribution in [-0.4, -0.2) is 70.0 Å². The summed E-state index contributed by atoms with van der Waals surface area (Å²) in [7, 11) is 0. The number of aliphatic hydroxyl groups is 2. The molecule has 1 amide bonds. The largest absolute Gasteiger partial charge is 0.387 e. The minimum atomic E-state index is -1.42. The number of fused-ring (bicyclic) bond motifs is 1. The van der Waals surface area contributed by atoms with E-state index in [9.17, 15) is 15.0 Å². The number of nitrogens with zero attached hydrogens (tertiary/aromatic N) is 6. The number of carbonyl (C=O) groups is 1. The van der Waals surface area contributed by atoms with Crippen LogP contribution in [0.3, 0.4) is 0 Å². The van der Waals surface area contributed by atoms with E-state index in [1.165, 1.54) is 17.1 Å². The van der Waals surface area contributed by atoms with Gasteiger partial charge >= 0.3 is 0 Å². The predicted octanol–water partition coefficient (Wildman–Crippen LogP) is 1.76. The number of halogens is 1. The van der Waals surface area contributed by atoms with E-state index in [0.717, 1.165) is 24.1 Å². The number of pyridine rings is 2. The van der Waals surface area contributed by atoms with Crippen LogP contribution in [0.5, 0.6) is 0 Å². The van der Waals surface area contributed by atoms with Gasteiger partial charge in [-0.05, 0) is 43.5 Å². The van der Waals surface area contributed by atoms with Crippen LogP contribution in [0.25, 0.3) is 22.6 Å². The molecule has 4 aromatic heterocycles. The van der Waals surface area contributed by atoms with Crippen molar-refractivity contribution in [1.82, 2.24) is 34.8 Å². The molecule has 1 aliphatic heterocycles. The van der Waals surface area contributed by atoms with E-state index in [2.05, 4.69) is 35.6 Å². The summed E-state index contributed by atoms with van der Waals surface area (Å²) in [5.41, 5.74) is 3.19. The molecule has 0 unspecified atom stereocenters. The number of aryl methyl sites for hydroxylation is 1. The zero-order chi connectivity index (χ0) is 26.4. The average Bonchev–Trinajstić information content (AvgIpc) is 3.54. The quantitative estimate of drug-likeness (QED) is 0.274. The molecule has 4 aromatic rings. The van der Waals surface area contributed by atoms with Gasteiger partial charge in [-0.2, -0.15) is 0 Å². The fraction of sp³-hybridized carbons (Fsp3) is 0.360. The summed E-state index contributed by atoms with van der Waals surface area (Å²) in [6.45, 7) is 2.36. The third-order valence-corrected chi connectivity index (χ3v) is 6.69. The van der Waals surface area contributed by atoms with Gasteiger partial charge in [0.15, 0.2) is 35.1 Å². The molecule has 4 atom stereocenters. The number of ether oxygens (including phenoxy) is 1. The number of rotatable bonds is 7. The molecule has 1 saturated heterocycles. The number of anilines is 1. The Labute approximate surface area is 222 Å². The number of hydrogen-bond acceptors (Lipinski definition) is 10. The number of amides is 1. The van der Waals surface area contributed by atoms with Gasteiger partial charge in [-0.1, -0.05) is 11.6 Å². The Morgan fingerprint density at radius 3 is 2.79 bits per heavy atom. The van der Waals surface area contributed by atoms with Crippen molar-refractivity contribution in [2.75, 3.05) is 5.32 Å². The number of aliphatic hydroxyl groups excluding tert-OH is 2.